The smallest absolute Gasteiger partial charge is 0.495 e. The minimum Gasteiger partial charge on any atom is -0.495 e. The average molecular weight is 383 g/mol. The molecule has 0 radical (unpaired) electrons. The van der Waals surface area contributed by atoms with Crippen LogP contribution >= 0.6 is 0 Å². The molecule has 150 valence electrons. The van der Waals surface area contributed by atoms with Gasteiger partial charge < -0.3 is 29.0 Å². The molecule has 0 spiro atoms. The van der Waals surface area contributed by atoms with Crippen LogP contribution in [0.3, 0.4) is 0 Å². The van der Waals surface area contributed by atoms with Crippen LogP contribution in [0.2, 0.25) is 0 Å². The fourth-order valence-corrected chi connectivity index (χ4v) is 2.09. The Bertz CT molecular complexity index is 634. The largest absolute Gasteiger partial charge is 0.511 e. The molecular weight excluding hydrogens is 358 g/mol. The van der Waals surface area contributed by atoms with Crippen molar-refractivity contribution < 1.29 is 38.1 Å². The molecule has 9 nitrogen and oxygen atoms in total. The SMILES string of the molecule is CCOC(C)CCOC(=O)OC(C)OC(=O)c1ccc(NC=O)c(OC)c1. The predicted molar refractivity (Wildman–Crippen MR) is 95.7 cm³/mol. The first-order valence-electron chi connectivity index (χ1n) is 8.45. The molecule has 0 saturated heterocycles. The standard InChI is InChI=1S/C18H25NO8/c1-5-24-12(2)8-9-25-18(22)27-13(3)26-17(21)14-6-7-15(19-11-20)16(10-14)23-4/h6-7,10-13H,5,8-9H2,1-4H3,(H,19,20). The molecule has 0 heterocycles. The van der Waals surface area contributed by atoms with Gasteiger partial charge >= 0.3 is 12.1 Å². The monoisotopic (exact) mass is 383 g/mol. The van der Waals surface area contributed by atoms with E-state index in [9.17, 15) is 14.4 Å². The molecule has 9 heteroatoms. The second kappa shape index (κ2) is 11.7. The highest BCUT2D eigenvalue weighted by Gasteiger charge is 2.18. The average Bonchev–Trinajstić information content (AvgIpc) is 2.62. The van der Waals surface area contributed by atoms with E-state index in [0.29, 0.717) is 25.1 Å². The van der Waals surface area contributed by atoms with Gasteiger partial charge in [-0.25, -0.2) is 9.59 Å². The molecule has 0 fully saturated rings. The molecule has 2 unspecified atom stereocenters. The normalized spacial score (nSPS) is 12.4. The third-order valence-electron chi connectivity index (χ3n) is 3.38. The van der Waals surface area contributed by atoms with Crippen molar-refractivity contribution in [1.82, 2.24) is 0 Å². The molecule has 0 aliphatic carbocycles. The number of hydrogen-bond donors (Lipinski definition) is 1. The quantitative estimate of drug-likeness (QED) is 0.353. The second-order valence-corrected chi connectivity index (χ2v) is 5.42. The number of hydrogen-bond acceptors (Lipinski definition) is 8. The Morgan fingerprint density at radius 1 is 1.22 bits per heavy atom. The predicted octanol–water partition coefficient (Wildman–Crippen LogP) is 2.73. The topological polar surface area (TPSA) is 109 Å². The van der Waals surface area contributed by atoms with Crippen molar-refractivity contribution in [2.45, 2.75) is 39.6 Å². The summed E-state index contributed by atoms with van der Waals surface area (Å²) in [7, 11) is 1.40. The molecule has 1 aromatic carbocycles. The zero-order valence-electron chi connectivity index (χ0n) is 15.9. The first kappa shape index (κ1) is 22.2. The van der Waals surface area contributed by atoms with E-state index < -0.39 is 18.4 Å². The van der Waals surface area contributed by atoms with E-state index in [1.807, 2.05) is 13.8 Å². The highest BCUT2D eigenvalue weighted by atomic mass is 16.8. The summed E-state index contributed by atoms with van der Waals surface area (Å²) in [6.45, 7) is 5.84. The van der Waals surface area contributed by atoms with Gasteiger partial charge in [0.2, 0.25) is 12.7 Å². The molecule has 1 aromatic rings. The lowest BCUT2D eigenvalue weighted by molar-refractivity contribution is -0.105. The summed E-state index contributed by atoms with van der Waals surface area (Å²) in [5.74, 6) is -0.441. The van der Waals surface area contributed by atoms with Gasteiger partial charge in [0.1, 0.15) is 5.75 Å². The molecule has 1 amide bonds. The van der Waals surface area contributed by atoms with E-state index >= 15 is 0 Å². The molecule has 0 aliphatic heterocycles. The van der Waals surface area contributed by atoms with Crippen molar-refractivity contribution >= 4 is 24.2 Å². The summed E-state index contributed by atoms with van der Waals surface area (Å²) >= 11 is 0. The molecule has 0 aliphatic rings. The summed E-state index contributed by atoms with van der Waals surface area (Å²) in [5.41, 5.74) is 0.566. The molecule has 2 atom stereocenters. The zero-order valence-corrected chi connectivity index (χ0v) is 15.9. The van der Waals surface area contributed by atoms with E-state index in [2.05, 4.69) is 5.32 Å². The van der Waals surface area contributed by atoms with Gasteiger partial charge in [-0.2, -0.15) is 0 Å². The van der Waals surface area contributed by atoms with E-state index in [0.717, 1.165) is 0 Å². The van der Waals surface area contributed by atoms with Gasteiger partial charge in [-0.15, -0.1) is 0 Å². The Balaban J connectivity index is 2.49. The van der Waals surface area contributed by atoms with Gasteiger partial charge in [0.15, 0.2) is 0 Å². The third-order valence-corrected chi connectivity index (χ3v) is 3.38. The van der Waals surface area contributed by atoms with Crippen molar-refractivity contribution in [3.63, 3.8) is 0 Å². The van der Waals surface area contributed by atoms with Crippen molar-refractivity contribution in [3.05, 3.63) is 23.8 Å². The highest BCUT2D eigenvalue weighted by molar-refractivity contribution is 5.91. The Hall–Kier alpha value is -2.81. The van der Waals surface area contributed by atoms with Gasteiger partial charge in [0.05, 0.1) is 31.1 Å². The lowest BCUT2D eigenvalue weighted by Crippen LogP contribution is -2.23. The van der Waals surface area contributed by atoms with Crippen molar-refractivity contribution in [3.8, 4) is 5.75 Å². The lowest BCUT2D eigenvalue weighted by Gasteiger charge is -2.15. The van der Waals surface area contributed by atoms with Gasteiger partial charge in [-0.05, 0) is 32.0 Å². The number of nitrogens with one attached hydrogen (secondary N) is 1. The van der Waals surface area contributed by atoms with Gasteiger partial charge in [-0.1, -0.05) is 0 Å². The lowest BCUT2D eigenvalue weighted by atomic mass is 10.2. The number of esters is 1. The molecule has 1 rings (SSSR count). The molecule has 0 saturated carbocycles. The van der Waals surface area contributed by atoms with Crippen LogP contribution in [0.5, 0.6) is 5.75 Å². The van der Waals surface area contributed by atoms with E-state index in [4.69, 9.17) is 23.7 Å². The molecule has 0 aromatic heterocycles. The minimum atomic E-state index is -1.15. The first-order chi connectivity index (χ1) is 12.9. The van der Waals surface area contributed by atoms with E-state index in [1.165, 1.54) is 32.2 Å². The van der Waals surface area contributed by atoms with Crippen molar-refractivity contribution in [2.75, 3.05) is 25.6 Å². The van der Waals surface area contributed by atoms with Crippen LogP contribution in [0, 0.1) is 0 Å². The summed E-state index contributed by atoms with van der Waals surface area (Å²) in [5, 5.41) is 2.44. The fraction of sp³-hybridized carbons (Fsp3) is 0.500. The number of benzene rings is 1. The Morgan fingerprint density at radius 3 is 2.59 bits per heavy atom. The summed E-state index contributed by atoms with van der Waals surface area (Å²) in [4.78, 5) is 34.3. The molecule has 27 heavy (non-hydrogen) atoms. The number of ether oxygens (including phenoxy) is 5. The number of anilines is 1. The van der Waals surface area contributed by atoms with Gasteiger partial charge in [0.25, 0.3) is 0 Å². The molecular formula is C18H25NO8. The maximum Gasteiger partial charge on any atom is 0.511 e. The maximum atomic E-state index is 12.1. The number of carbonyl (C=O) groups is 3. The van der Waals surface area contributed by atoms with Crippen LogP contribution in [0.4, 0.5) is 10.5 Å². The summed E-state index contributed by atoms with van der Waals surface area (Å²) < 4.78 is 25.2. The third kappa shape index (κ3) is 7.95. The number of methoxy groups -OCH3 is 1. The maximum absolute atomic E-state index is 12.1. The summed E-state index contributed by atoms with van der Waals surface area (Å²) in [6, 6.07) is 4.33. The van der Waals surface area contributed by atoms with E-state index in [1.54, 1.807) is 0 Å². The van der Waals surface area contributed by atoms with Crippen LogP contribution in [-0.2, 0) is 23.7 Å². The Kier molecular flexibility index (Phi) is 9.66. The fourth-order valence-electron chi connectivity index (χ4n) is 2.09. The van der Waals surface area contributed by atoms with Gasteiger partial charge in [-0.3, -0.25) is 4.79 Å². The van der Waals surface area contributed by atoms with Crippen molar-refractivity contribution in [2.24, 2.45) is 0 Å². The summed E-state index contributed by atoms with van der Waals surface area (Å²) in [6.07, 6.45) is -1.11. The zero-order chi connectivity index (χ0) is 20.2. The highest BCUT2D eigenvalue weighted by Crippen LogP contribution is 2.25. The minimum absolute atomic E-state index is 0.0373. The van der Waals surface area contributed by atoms with E-state index in [-0.39, 0.29) is 24.0 Å². The molecule has 1 N–H and O–H groups in total. The second-order valence-electron chi connectivity index (χ2n) is 5.42. The van der Waals surface area contributed by atoms with Crippen molar-refractivity contribution in [1.29, 1.82) is 0 Å². The van der Waals surface area contributed by atoms with Crippen LogP contribution in [0.15, 0.2) is 18.2 Å². The number of rotatable bonds is 11. The Labute approximate surface area is 157 Å². The van der Waals surface area contributed by atoms with Crippen LogP contribution < -0.4 is 10.1 Å². The van der Waals surface area contributed by atoms with Crippen LogP contribution in [-0.4, -0.2) is 51.3 Å². The van der Waals surface area contributed by atoms with Gasteiger partial charge in [0, 0.05) is 20.0 Å². The Morgan fingerprint density at radius 2 is 1.96 bits per heavy atom. The van der Waals surface area contributed by atoms with Crippen LogP contribution in [0.25, 0.3) is 0 Å². The number of carbonyl (C=O) groups excluding carboxylic acids is 3. The molecule has 0 bridgehead atoms. The van der Waals surface area contributed by atoms with Crippen LogP contribution in [0.1, 0.15) is 37.6 Å². The number of amides is 1. The first-order valence-corrected chi connectivity index (χ1v) is 8.45.